The number of carboxylic acid groups (broad SMARTS) is 1. The van der Waals surface area contributed by atoms with Gasteiger partial charge in [-0.2, -0.15) is 0 Å². The van der Waals surface area contributed by atoms with Crippen molar-refractivity contribution < 1.29 is 9.90 Å². The first-order valence-corrected chi connectivity index (χ1v) is 6.84. The lowest BCUT2D eigenvalue weighted by molar-refractivity contribution is -0.139. The number of carbonyl (C=O) groups is 1. The summed E-state index contributed by atoms with van der Waals surface area (Å²) in [5, 5.41) is 9.34. The quantitative estimate of drug-likeness (QED) is 0.865. The van der Waals surface area contributed by atoms with Crippen LogP contribution in [0.25, 0.3) is 0 Å². The molecule has 1 N–H and O–H groups in total. The fourth-order valence-corrected chi connectivity index (χ4v) is 4.06. The highest BCUT2D eigenvalue weighted by Crippen LogP contribution is 2.65. The van der Waals surface area contributed by atoms with E-state index in [4.69, 9.17) is 0 Å². The summed E-state index contributed by atoms with van der Waals surface area (Å²) in [5.41, 5.74) is 2.80. The first-order chi connectivity index (χ1) is 8.53. The van der Waals surface area contributed by atoms with Crippen LogP contribution in [0.15, 0.2) is 24.3 Å². The summed E-state index contributed by atoms with van der Waals surface area (Å²) in [6, 6.07) is 8.58. The van der Waals surface area contributed by atoms with Gasteiger partial charge in [0.15, 0.2) is 0 Å². The Morgan fingerprint density at radius 1 is 1.33 bits per heavy atom. The van der Waals surface area contributed by atoms with E-state index in [9.17, 15) is 9.90 Å². The summed E-state index contributed by atoms with van der Waals surface area (Å²) >= 11 is 0. The van der Waals surface area contributed by atoms with Gasteiger partial charge in [0.1, 0.15) is 0 Å². The second-order valence-corrected chi connectivity index (χ2v) is 6.36. The van der Waals surface area contributed by atoms with Crippen LogP contribution in [0.2, 0.25) is 0 Å². The van der Waals surface area contributed by atoms with Gasteiger partial charge in [0.25, 0.3) is 0 Å². The third-order valence-electron chi connectivity index (χ3n) is 5.03. The number of carboxylic acids is 1. The molecule has 0 spiro atoms. The molecule has 1 aromatic rings. The molecule has 96 valence electrons. The van der Waals surface area contributed by atoms with Gasteiger partial charge in [-0.15, -0.1) is 0 Å². The van der Waals surface area contributed by atoms with E-state index in [1.807, 2.05) is 0 Å². The normalized spacial score (nSPS) is 32.7. The monoisotopic (exact) mass is 244 g/mol. The molecule has 1 unspecified atom stereocenters. The molecule has 2 aliphatic rings. The number of fused-ring (bicyclic) bond motifs is 1. The molecular formula is C16H20O2. The van der Waals surface area contributed by atoms with Crippen molar-refractivity contribution in [3.05, 3.63) is 35.4 Å². The molecule has 1 saturated carbocycles. The summed E-state index contributed by atoms with van der Waals surface area (Å²) in [6.45, 7) is 4.21. The second kappa shape index (κ2) is 3.84. The Kier molecular flexibility index (Phi) is 2.51. The average Bonchev–Trinajstić information content (AvgIpc) is 2.91. The first kappa shape index (κ1) is 11.8. The van der Waals surface area contributed by atoms with Crippen molar-refractivity contribution in [2.45, 2.75) is 39.0 Å². The predicted octanol–water partition coefficient (Wildman–Crippen LogP) is 3.46. The lowest BCUT2D eigenvalue weighted by Gasteiger charge is -2.26. The van der Waals surface area contributed by atoms with Gasteiger partial charge in [0.05, 0.1) is 5.92 Å². The minimum atomic E-state index is -0.618. The number of benzene rings is 1. The SMILES string of the molecule is CC1(C)[C@H](C(=O)O)[C@H]1C1CCCc2ccccc21. The molecule has 1 aromatic carbocycles. The van der Waals surface area contributed by atoms with E-state index in [0.29, 0.717) is 11.8 Å². The van der Waals surface area contributed by atoms with Crippen molar-refractivity contribution in [2.75, 3.05) is 0 Å². The number of aryl methyl sites for hydroxylation is 1. The average molecular weight is 244 g/mol. The van der Waals surface area contributed by atoms with E-state index in [2.05, 4.69) is 38.1 Å². The second-order valence-electron chi connectivity index (χ2n) is 6.36. The fraction of sp³-hybridized carbons (Fsp3) is 0.562. The molecule has 2 aliphatic carbocycles. The van der Waals surface area contributed by atoms with E-state index in [0.717, 1.165) is 12.8 Å². The van der Waals surface area contributed by atoms with Crippen molar-refractivity contribution in [3.8, 4) is 0 Å². The summed E-state index contributed by atoms with van der Waals surface area (Å²) in [5.74, 6) is -0.00999. The van der Waals surface area contributed by atoms with Crippen LogP contribution in [0.1, 0.15) is 43.7 Å². The molecule has 2 nitrogen and oxygen atoms in total. The molecule has 0 radical (unpaired) electrons. The number of hydrogen-bond donors (Lipinski definition) is 1. The highest BCUT2D eigenvalue weighted by Gasteiger charge is 2.64. The molecule has 0 amide bonds. The molecule has 0 bridgehead atoms. The molecule has 2 heteroatoms. The Morgan fingerprint density at radius 2 is 2.06 bits per heavy atom. The summed E-state index contributed by atoms with van der Waals surface area (Å²) in [4.78, 5) is 11.3. The van der Waals surface area contributed by atoms with Crippen molar-refractivity contribution in [2.24, 2.45) is 17.3 Å². The smallest absolute Gasteiger partial charge is 0.307 e. The molecule has 0 aromatic heterocycles. The third-order valence-corrected chi connectivity index (χ3v) is 5.03. The van der Waals surface area contributed by atoms with Crippen molar-refractivity contribution in [1.29, 1.82) is 0 Å². The van der Waals surface area contributed by atoms with Crippen molar-refractivity contribution >= 4 is 5.97 Å². The molecule has 18 heavy (non-hydrogen) atoms. The van der Waals surface area contributed by atoms with Crippen LogP contribution in [0.3, 0.4) is 0 Å². The number of rotatable bonds is 2. The van der Waals surface area contributed by atoms with E-state index >= 15 is 0 Å². The Hall–Kier alpha value is -1.31. The van der Waals surface area contributed by atoms with Gasteiger partial charge in [-0.25, -0.2) is 0 Å². The molecule has 0 aliphatic heterocycles. The zero-order valence-electron chi connectivity index (χ0n) is 11.0. The molecule has 0 heterocycles. The fourth-order valence-electron chi connectivity index (χ4n) is 4.06. The largest absolute Gasteiger partial charge is 0.481 e. The Morgan fingerprint density at radius 3 is 2.72 bits per heavy atom. The molecular weight excluding hydrogens is 224 g/mol. The van der Waals surface area contributed by atoms with Gasteiger partial charge < -0.3 is 5.11 Å². The van der Waals surface area contributed by atoms with E-state index in [1.54, 1.807) is 0 Å². The zero-order valence-corrected chi connectivity index (χ0v) is 11.0. The van der Waals surface area contributed by atoms with Crippen LogP contribution in [0.5, 0.6) is 0 Å². The van der Waals surface area contributed by atoms with Gasteiger partial charge in [0, 0.05) is 0 Å². The molecule has 0 saturated heterocycles. The standard InChI is InChI=1S/C16H20O2/c1-16(2)13(14(16)15(17)18)12-9-5-7-10-6-3-4-8-11(10)12/h3-4,6,8,12-14H,5,7,9H2,1-2H3,(H,17,18)/t12?,13-,14+/m1/s1. The lowest BCUT2D eigenvalue weighted by Crippen LogP contribution is -2.14. The van der Waals surface area contributed by atoms with Gasteiger partial charge in [-0.3, -0.25) is 4.79 Å². The topological polar surface area (TPSA) is 37.3 Å². The maximum Gasteiger partial charge on any atom is 0.307 e. The Bertz CT molecular complexity index is 490. The Labute approximate surface area is 108 Å². The summed E-state index contributed by atoms with van der Waals surface area (Å²) in [6.07, 6.45) is 3.49. The van der Waals surface area contributed by atoms with E-state index < -0.39 is 5.97 Å². The maximum absolute atomic E-state index is 11.3. The highest BCUT2D eigenvalue weighted by molar-refractivity contribution is 5.76. The van der Waals surface area contributed by atoms with Crippen LogP contribution >= 0.6 is 0 Å². The molecule has 3 atom stereocenters. The maximum atomic E-state index is 11.3. The zero-order chi connectivity index (χ0) is 12.9. The van der Waals surface area contributed by atoms with Crippen LogP contribution in [0, 0.1) is 17.3 Å². The third kappa shape index (κ3) is 1.58. The molecule has 3 rings (SSSR count). The van der Waals surface area contributed by atoms with Gasteiger partial charge >= 0.3 is 5.97 Å². The van der Waals surface area contributed by atoms with Crippen LogP contribution in [-0.4, -0.2) is 11.1 Å². The van der Waals surface area contributed by atoms with Crippen LogP contribution in [0.4, 0.5) is 0 Å². The van der Waals surface area contributed by atoms with Crippen LogP contribution in [-0.2, 0) is 11.2 Å². The predicted molar refractivity (Wildman–Crippen MR) is 70.5 cm³/mol. The van der Waals surface area contributed by atoms with Crippen LogP contribution < -0.4 is 0 Å². The van der Waals surface area contributed by atoms with Gasteiger partial charge in [-0.05, 0) is 47.6 Å². The van der Waals surface area contributed by atoms with Crippen molar-refractivity contribution in [1.82, 2.24) is 0 Å². The molecule has 1 fully saturated rings. The first-order valence-electron chi connectivity index (χ1n) is 6.84. The number of hydrogen-bond acceptors (Lipinski definition) is 1. The van der Waals surface area contributed by atoms with E-state index in [1.165, 1.54) is 17.5 Å². The van der Waals surface area contributed by atoms with E-state index in [-0.39, 0.29) is 11.3 Å². The van der Waals surface area contributed by atoms with Crippen molar-refractivity contribution in [3.63, 3.8) is 0 Å². The Balaban J connectivity index is 1.94. The van der Waals surface area contributed by atoms with Gasteiger partial charge in [-0.1, -0.05) is 38.1 Å². The summed E-state index contributed by atoms with van der Waals surface area (Å²) in [7, 11) is 0. The minimum Gasteiger partial charge on any atom is -0.481 e. The number of aliphatic carboxylic acids is 1. The minimum absolute atomic E-state index is 0.0407. The van der Waals surface area contributed by atoms with Gasteiger partial charge in [0.2, 0.25) is 0 Å². The summed E-state index contributed by atoms with van der Waals surface area (Å²) < 4.78 is 0. The highest BCUT2D eigenvalue weighted by atomic mass is 16.4. The lowest BCUT2D eigenvalue weighted by atomic mass is 9.78.